The third-order valence-electron chi connectivity index (χ3n) is 3.41. The van der Waals surface area contributed by atoms with Gasteiger partial charge in [-0.25, -0.2) is 0 Å². The average molecular weight is 245 g/mol. The molecular weight excluding hydrogens is 226 g/mol. The number of hydrogen-bond acceptors (Lipinski definition) is 3. The van der Waals surface area contributed by atoms with Crippen LogP contribution in [0.25, 0.3) is 0 Å². The molecular formula is C11H19NO3S. The molecule has 0 radical (unpaired) electrons. The molecule has 0 amide bonds. The molecule has 4 nitrogen and oxygen atoms in total. The van der Waals surface area contributed by atoms with Crippen molar-refractivity contribution in [3.63, 3.8) is 0 Å². The molecule has 92 valence electrons. The SMILES string of the molecule is C#CC1(CCC(N)S(=O)(=O)O)CCCCC1. The van der Waals surface area contributed by atoms with E-state index in [2.05, 4.69) is 5.92 Å². The van der Waals surface area contributed by atoms with Crippen LogP contribution in [-0.4, -0.2) is 18.3 Å². The van der Waals surface area contributed by atoms with Crippen molar-refractivity contribution in [1.29, 1.82) is 0 Å². The Labute approximate surface area is 97.4 Å². The Morgan fingerprint density at radius 1 is 1.38 bits per heavy atom. The molecule has 0 aromatic rings. The highest BCUT2D eigenvalue weighted by Gasteiger charge is 2.31. The Hall–Kier alpha value is -0.570. The summed E-state index contributed by atoms with van der Waals surface area (Å²) in [5.41, 5.74) is 5.17. The first kappa shape index (κ1) is 13.5. The van der Waals surface area contributed by atoms with Crippen LogP contribution in [0.4, 0.5) is 0 Å². The van der Waals surface area contributed by atoms with E-state index in [9.17, 15) is 8.42 Å². The molecule has 0 heterocycles. The first-order valence-electron chi connectivity index (χ1n) is 5.59. The molecule has 16 heavy (non-hydrogen) atoms. The normalized spacial score (nSPS) is 22.3. The van der Waals surface area contributed by atoms with Crippen LogP contribution in [0.1, 0.15) is 44.9 Å². The molecule has 1 unspecified atom stereocenters. The van der Waals surface area contributed by atoms with Gasteiger partial charge in [0.15, 0.2) is 0 Å². The first-order valence-corrected chi connectivity index (χ1v) is 7.10. The fourth-order valence-electron chi connectivity index (χ4n) is 2.26. The van der Waals surface area contributed by atoms with Gasteiger partial charge in [-0.2, -0.15) is 8.42 Å². The lowest BCUT2D eigenvalue weighted by atomic mass is 9.72. The van der Waals surface area contributed by atoms with Crippen LogP contribution >= 0.6 is 0 Å². The molecule has 5 heteroatoms. The summed E-state index contributed by atoms with van der Waals surface area (Å²) in [5.74, 6) is 2.79. The van der Waals surface area contributed by atoms with Crippen LogP contribution in [0.15, 0.2) is 0 Å². The molecule has 0 spiro atoms. The highest BCUT2D eigenvalue weighted by atomic mass is 32.2. The minimum Gasteiger partial charge on any atom is -0.313 e. The van der Waals surface area contributed by atoms with Gasteiger partial charge in [0.1, 0.15) is 5.37 Å². The predicted octanol–water partition coefficient (Wildman–Crippen LogP) is 1.52. The molecule has 1 atom stereocenters. The number of terminal acetylenes is 1. The van der Waals surface area contributed by atoms with E-state index in [1.807, 2.05) is 0 Å². The standard InChI is InChI=1S/C11H19NO3S/c1-2-11(7-4-3-5-8-11)9-6-10(12)16(13,14)15/h1,10H,3-9,12H2,(H,13,14,15). The molecule has 0 aromatic heterocycles. The maximum atomic E-state index is 10.8. The van der Waals surface area contributed by atoms with Gasteiger partial charge < -0.3 is 5.73 Å². The minimum atomic E-state index is -4.13. The van der Waals surface area contributed by atoms with Gasteiger partial charge >= 0.3 is 0 Å². The zero-order valence-electron chi connectivity index (χ0n) is 9.35. The van der Waals surface area contributed by atoms with Crippen molar-refractivity contribution in [2.24, 2.45) is 11.1 Å². The summed E-state index contributed by atoms with van der Waals surface area (Å²) in [5, 5.41) is -1.21. The van der Waals surface area contributed by atoms with E-state index in [0.29, 0.717) is 6.42 Å². The maximum Gasteiger partial charge on any atom is 0.280 e. The molecule has 0 aromatic carbocycles. The zero-order valence-corrected chi connectivity index (χ0v) is 10.2. The second kappa shape index (κ2) is 5.17. The van der Waals surface area contributed by atoms with Gasteiger partial charge in [-0.3, -0.25) is 4.55 Å². The summed E-state index contributed by atoms with van der Waals surface area (Å²) in [7, 11) is -4.13. The monoisotopic (exact) mass is 245 g/mol. The van der Waals surface area contributed by atoms with Crippen molar-refractivity contribution < 1.29 is 13.0 Å². The van der Waals surface area contributed by atoms with Crippen molar-refractivity contribution in [1.82, 2.24) is 0 Å². The predicted molar refractivity (Wildman–Crippen MR) is 63.1 cm³/mol. The van der Waals surface area contributed by atoms with Crippen LogP contribution < -0.4 is 5.73 Å². The molecule has 3 N–H and O–H groups in total. The number of hydrogen-bond donors (Lipinski definition) is 2. The van der Waals surface area contributed by atoms with E-state index < -0.39 is 15.5 Å². The van der Waals surface area contributed by atoms with E-state index in [1.165, 1.54) is 6.42 Å². The lowest BCUT2D eigenvalue weighted by Crippen LogP contribution is -2.33. The largest absolute Gasteiger partial charge is 0.313 e. The van der Waals surface area contributed by atoms with E-state index >= 15 is 0 Å². The Morgan fingerprint density at radius 3 is 2.38 bits per heavy atom. The minimum absolute atomic E-state index is 0.208. The quantitative estimate of drug-likeness (QED) is 0.581. The smallest absolute Gasteiger partial charge is 0.280 e. The summed E-state index contributed by atoms with van der Waals surface area (Å²) in [6.45, 7) is 0. The molecule has 1 rings (SSSR count). The highest BCUT2D eigenvalue weighted by molar-refractivity contribution is 7.86. The summed E-state index contributed by atoms with van der Waals surface area (Å²) >= 11 is 0. The van der Waals surface area contributed by atoms with E-state index in [4.69, 9.17) is 16.7 Å². The van der Waals surface area contributed by atoms with Gasteiger partial charge in [-0.05, 0) is 25.7 Å². The lowest BCUT2D eigenvalue weighted by molar-refractivity contribution is 0.245. The average Bonchev–Trinajstić information content (AvgIpc) is 2.26. The fraction of sp³-hybridized carbons (Fsp3) is 0.818. The maximum absolute atomic E-state index is 10.8. The van der Waals surface area contributed by atoms with Gasteiger partial charge in [-0.1, -0.05) is 25.2 Å². The molecule has 1 saturated carbocycles. The third-order valence-corrected chi connectivity index (χ3v) is 4.41. The number of rotatable bonds is 4. The molecule has 0 saturated heterocycles. The zero-order chi connectivity index (χ0) is 12.2. The van der Waals surface area contributed by atoms with E-state index in [0.717, 1.165) is 25.7 Å². The van der Waals surface area contributed by atoms with E-state index in [-0.39, 0.29) is 11.8 Å². The van der Waals surface area contributed by atoms with Crippen molar-refractivity contribution in [3.8, 4) is 12.3 Å². The van der Waals surface area contributed by atoms with Crippen LogP contribution in [0.2, 0.25) is 0 Å². The summed E-state index contributed by atoms with van der Waals surface area (Å²) in [6, 6.07) is 0. The Kier molecular flexibility index (Phi) is 4.36. The van der Waals surface area contributed by atoms with Crippen LogP contribution in [-0.2, 0) is 10.1 Å². The molecule has 1 fully saturated rings. The van der Waals surface area contributed by atoms with Gasteiger partial charge in [0.25, 0.3) is 10.1 Å². The van der Waals surface area contributed by atoms with Crippen LogP contribution in [0.5, 0.6) is 0 Å². The Morgan fingerprint density at radius 2 is 1.94 bits per heavy atom. The molecule has 0 bridgehead atoms. The summed E-state index contributed by atoms with van der Waals surface area (Å²) in [6.07, 6.45) is 11.6. The number of nitrogens with two attached hydrogens (primary N) is 1. The molecule has 1 aliphatic rings. The summed E-state index contributed by atoms with van der Waals surface area (Å²) < 4.78 is 30.3. The molecule has 1 aliphatic carbocycles. The highest BCUT2D eigenvalue weighted by Crippen LogP contribution is 2.39. The van der Waals surface area contributed by atoms with Crippen LogP contribution in [0.3, 0.4) is 0 Å². The van der Waals surface area contributed by atoms with Crippen molar-refractivity contribution >= 4 is 10.1 Å². The van der Waals surface area contributed by atoms with Gasteiger partial charge in [-0.15, -0.1) is 6.42 Å². The van der Waals surface area contributed by atoms with Gasteiger partial charge in [0, 0.05) is 5.41 Å². The first-order chi connectivity index (χ1) is 7.40. The second-order valence-electron chi connectivity index (χ2n) is 4.58. The second-order valence-corrected chi connectivity index (χ2v) is 6.21. The Balaban J connectivity index is 2.55. The van der Waals surface area contributed by atoms with Crippen molar-refractivity contribution in [3.05, 3.63) is 0 Å². The summed E-state index contributed by atoms with van der Waals surface area (Å²) in [4.78, 5) is 0. The fourth-order valence-corrected chi connectivity index (χ4v) is 2.68. The molecule has 0 aliphatic heterocycles. The van der Waals surface area contributed by atoms with E-state index in [1.54, 1.807) is 0 Å². The third kappa shape index (κ3) is 3.48. The topological polar surface area (TPSA) is 80.4 Å². The van der Waals surface area contributed by atoms with Crippen molar-refractivity contribution in [2.75, 3.05) is 0 Å². The van der Waals surface area contributed by atoms with Gasteiger partial charge in [0.05, 0.1) is 0 Å². The van der Waals surface area contributed by atoms with Crippen molar-refractivity contribution in [2.45, 2.75) is 50.3 Å². The van der Waals surface area contributed by atoms with Crippen LogP contribution in [0, 0.1) is 17.8 Å². The van der Waals surface area contributed by atoms with Gasteiger partial charge in [0.2, 0.25) is 0 Å². The lowest BCUT2D eigenvalue weighted by Gasteiger charge is -2.32. The Bertz CT molecular complexity index is 363.